The number of piperidine rings is 1. The molecule has 20 heavy (non-hydrogen) atoms. The van der Waals surface area contributed by atoms with E-state index in [0.29, 0.717) is 13.2 Å². The molecule has 0 bridgehead atoms. The first-order valence-corrected chi connectivity index (χ1v) is 7.81. The second kappa shape index (κ2) is 6.87. The summed E-state index contributed by atoms with van der Waals surface area (Å²) in [6.07, 6.45) is 2.31. The summed E-state index contributed by atoms with van der Waals surface area (Å²) in [7, 11) is 2.16. The summed E-state index contributed by atoms with van der Waals surface area (Å²) in [5.74, 6) is 0.110. The summed E-state index contributed by atoms with van der Waals surface area (Å²) in [5.41, 5.74) is 0.245. The van der Waals surface area contributed by atoms with Gasteiger partial charge in [-0.2, -0.15) is 0 Å². The van der Waals surface area contributed by atoms with E-state index in [-0.39, 0.29) is 23.3 Å². The van der Waals surface area contributed by atoms with Gasteiger partial charge in [0.15, 0.2) is 0 Å². The molecule has 116 valence electrons. The standard InChI is InChI=1S/C15H29N3O2/c1-4-16-13-10-20-9-12(13)14(19)17-11-15(2)5-7-18(3)8-6-15/h12-13,16H,4-11H2,1-3H3,(H,17,19). The van der Waals surface area contributed by atoms with Crippen molar-refractivity contribution in [2.45, 2.75) is 32.7 Å². The Morgan fingerprint density at radius 1 is 1.35 bits per heavy atom. The first kappa shape index (κ1) is 15.7. The van der Waals surface area contributed by atoms with Crippen molar-refractivity contribution in [2.24, 2.45) is 11.3 Å². The second-order valence-electron chi connectivity index (χ2n) is 6.64. The molecular weight excluding hydrogens is 254 g/mol. The summed E-state index contributed by atoms with van der Waals surface area (Å²) >= 11 is 0. The van der Waals surface area contributed by atoms with Crippen LogP contribution in [0, 0.1) is 11.3 Å². The monoisotopic (exact) mass is 283 g/mol. The molecular formula is C15H29N3O2. The van der Waals surface area contributed by atoms with Gasteiger partial charge in [-0.25, -0.2) is 0 Å². The van der Waals surface area contributed by atoms with E-state index in [9.17, 15) is 4.79 Å². The molecule has 2 N–H and O–H groups in total. The number of likely N-dealkylation sites (N-methyl/N-ethyl adjacent to an activating group) is 1. The lowest BCUT2D eigenvalue weighted by Gasteiger charge is -2.38. The number of ether oxygens (including phenoxy) is 1. The van der Waals surface area contributed by atoms with E-state index >= 15 is 0 Å². The second-order valence-corrected chi connectivity index (χ2v) is 6.64. The minimum absolute atomic E-state index is 0.0372. The SMILES string of the molecule is CCNC1COCC1C(=O)NCC1(C)CCN(C)CC1. The van der Waals surface area contributed by atoms with Gasteiger partial charge in [-0.05, 0) is 44.9 Å². The summed E-state index contributed by atoms with van der Waals surface area (Å²) in [5, 5.41) is 6.50. The molecule has 2 aliphatic heterocycles. The molecule has 5 nitrogen and oxygen atoms in total. The van der Waals surface area contributed by atoms with E-state index < -0.39 is 0 Å². The Bertz CT molecular complexity index is 327. The smallest absolute Gasteiger partial charge is 0.227 e. The molecule has 0 saturated carbocycles. The normalized spacial score (nSPS) is 30.4. The van der Waals surface area contributed by atoms with E-state index in [4.69, 9.17) is 4.74 Å². The van der Waals surface area contributed by atoms with Crippen molar-refractivity contribution >= 4 is 5.91 Å². The van der Waals surface area contributed by atoms with Crippen LogP contribution in [0.25, 0.3) is 0 Å². The maximum Gasteiger partial charge on any atom is 0.227 e. The summed E-state index contributed by atoms with van der Waals surface area (Å²) in [6.45, 7) is 9.45. The number of likely N-dealkylation sites (tertiary alicyclic amines) is 1. The maximum atomic E-state index is 12.3. The van der Waals surface area contributed by atoms with E-state index in [1.54, 1.807) is 0 Å². The number of hydrogen-bond donors (Lipinski definition) is 2. The minimum Gasteiger partial charge on any atom is -0.379 e. The van der Waals surface area contributed by atoms with Gasteiger partial charge >= 0.3 is 0 Å². The molecule has 0 aromatic rings. The van der Waals surface area contributed by atoms with E-state index in [2.05, 4.69) is 36.4 Å². The molecule has 2 aliphatic rings. The lowest BCUT2D eigenvalue weighted by atomic mass is 9.80. The maximum absolute atomic E-state index is 12.3. The highest BCUT2D eigenvalue weighted by Crippen LogP contribution is 2.29. The van der Waals surface area contributed by atoms with Gasteiger partial charge in [0, 0.05) is 12.6 Å². The number of hydrogen-bond acceptors (Lipinski definition) is 4. The Labute approximate surface area is 122 Å². The number of carbonyl (C=O) groups is 1. The third-order valence-corrected chi connectivity index (χ3v) is 4.77. The fourth-order valence-corrected chi connectivity index (χ4v) is 3.04. The van der Waals surface area contributed by atoms with Gasteiger partial charge in [0.2, 0.25) is 5.91 Å². The Kier molecular flexibility index (Phi) is 5.41. The summed E-state index contributed by atoms with van der Waals surface area (Å²) in [4.78, 5) is 14.7. The zero-order valence-corrected chi connectivity index (χ0v) is 13.1. The van der Waals surface area contributed by atoms with Gasteiger partial charge in [-0.15, -0.1) is 0 Å². The van der Waals surface area contributed by atoms with Crippen molar-refractivity contribution in [1.29, 1.82) is 0 Å². The van der Waals surface area contributed by atoms with Crippen LogP contribution in [0.5, 0.6) is 0 Å². The summed E-state index contributed by atoms with van der Waals surface area (Å²) < 4.78 is 5.44. The molecule has 2 rings (SSSR count). The number of nitrogens with one attached hydrogen (secondary N) is 2. The van der Waals surface area contributed by atoms with Crippen molar-refractivity contribution in [2.75, 3.05) is 46.4 Å². The molecule has 1 amide bonds. The van der Waals surface area contributed by atoms with Crippen molar-refractivity contribution in [1.82, 2.24) is 15.5 Å². The first-order valence-electron chi connectivity index (χ1n) is 7.81. The van der Waals surface area contributed by atoms with Crippen LogP contribution in [0.2, 0.25) is 0 Å². The fraction of sp³-hybridized carbons (Fsp3) is 0.933. The average molecular weight is 283 g/mol. The minimum atomic E-state index is -0.0372. The predicted octanol–water partition coefficient (Wildman–Crippen LogP) is 0.459. The average Bonchev–Trinajstić information content (AvgIpc) is 2.89. The fourth-order valence-electron chi connectivity index (χ4n) is 3.04. The van der Waals surface area contributed by atoms with E-state index in [0.717, 1.165) is 39.0 Å². The zero-order valence-electron chi connectivity index (χ0n) is 13.1. The molecule has 5 heteroatoms. The molecule has 0 spiro atoms. The van der Waals surface area contributed by atoms with Crippen LogP contribution in [0.4, 0.5) is 0 Å². The van der Waals surface area contributed by atoms with Crippen LogP contribution in [-0.4, -0.2) is 63.3 Å². The van der Waals surface area contributed by atoms with Crippen LogP contribution >= 0.6 is 0 Å². The van der Waals surface area contributed by atoms with Gasteiger partial charge in [-0.1, -0.05) is 13.8 Å². The third-order valence-electron chi connectivity index (χ3n) is 4.77. The molecule has 2 saturated heterocycles. The van der Waals surface area contributed by atoms with Crippen LogP contribution in [-0.2, 0) is 9.53 Å². The molecule has 0 radical (unpaired) electrons. The van der Waals surface area contributed by atoms with Crippen molar-refractivity contribution < 1.29 is 9.53 Å². The number of rotatable bonds is 5. The lowest BCUT2D eigenvalue weighted by molar-refractivity contribution is -0.126. The Morgan fingerprint density at radius 2 is 2.05 bits per heavy atom. The van der Waals surface area contributed by atoms with Crippen molar-refractivity contribution in [3.05, 3.63) is 0 Å². The molecule has 2 heterocycles. The van der Waals surface area contributed by atoms with Gasteiger partial charge in [0.1, 0.15) is 0 Å². The van der Waals surface area contributed by atoms with Gasteiger partial charge in [0.05, 0.1) is 19.1 Å². The third kappa shape index (κ3) is 3.93. The Balaban J connectivity index is 1.79. The number of nitrogens with zero attached hydrogens (tertiary/aromatic N) is 1. The lowest BCUT2D eigenvalue weighted by Crippen LogP contribution is -2.48. The number of amides is 1. The van der Waals surface area contributed by atoms with E-state index in [1.807, 2.05) is 0 Å². The predicted molar refractivity (Wildman–Crippen MR) is 79.6 cm³/mol. The quantitative estimate of drug-likeness (QED) is 0.770. The van der Waals surface area contributed by atoms with Gasteiger partial charge < -0.3 is 20.3 Å². The van der Waals surface area contributed by atoms with Crippen LogP contribution in [0.1, 0.15) is 26.7 Å². The molecule has 2 atom stereocenters. The highest BCUT2D eigenvalue weighted by molar-refractivity contribution is 5.79. The highest BCUT2D eigenvalue weighted by atomic mass is 16.5. The van der Waals surface area contributed by atoms with Crippen LogP contribution < -0.4 is 10.6 Å². The largest absolute Gasteiger partial charge is 0.379 e. The van der Waals surface area contributed by atoms with Crippen LogP contribution in [0.3, 0.4) is 0 Å². The van der Waals surface area contributed by atoms with Crippen molar-refractivity contribution in [3.8, 4) is 0 Å². The van der Waals surface area contributed by atoms with E-state index in [1.165, 1.54) is 0 Å². The molecule has 2 fully saturated rings. The van der Waals surface area contributed by atoms with Crippen molar-refractivity contribution in [3.63, 3.8) is 0 Å². The highest BCUT2D eigenvalue weighted by Gasteiger charge is 2.35. The Morgan fingerprint density at radius 3 is 2.70 bits per heavy atom. The molecule has 0 aliphatic carbocycles. The molecule has 0 aromatic heterocycles. The first-order chi connectivity index (χ1) is 9.54. The van der Waals surface area contributed by atoms with Crippen LogP contribution in [0.15, 0.2) is 0 Å². The molecule has 0 aromatic carbocycles. The topological polar surface area (TPSA) is 53.6 Å². The summed E-state index contributed by atoms with van der Waals surface area (Å²) in [6, 6.07) is 0.172. The molecule has 2 unspecified atom stereocenters. The zero-order chi connectivity index (χ0) is 14.6. The Hall–Kier alpha value is -0.650. The van der Waals surface area contributed by atoms with Gasteiger partial charge in [0.25, 0.3) is 0 Å². The van der Waals surface area contributed by atoms with Gasteiger partial charge in [-0.3, -0.25) is 4.79 Å². The number of carbonyl (C=O) groups excluding carboxylic acids is 1.